The molecule has 3 aromatic heterocycles. The Morgan fingerprint density at radius 1 is 1.22 bits per heavy atom. The van der Waals surface area contributed by atoms with E-state index < -0.39 is 5.91 Å². The first kappa shape index (κ1) is 16.7. The van der Waals surface area contributed by atoms with Crippen molar-refractivity contribution >= 4 is 28.3 Å². The third-order valence-corrected chi connectivity index (χ3v) is 4.66. The number of primary amides is 1. The Morgan fingerprint density at radius 3 is 2.70 bits per heavy atom. The van der Waals surface area contributed by atoms with Gasteiger partial charge in [0.2, 0.25) is 0 Å². The lowest BCUT2D eigenvalue weighted by Crippen LogP contribution is -2.11. The van der Waals surface area contributed by atoms with Crippen molar-refractivity contribution in [3.63, 3.8) is 0 Å². The number of nitrogens with one attached hydrogen (secondary N) is 2. The predicted molar refractivity (Wildman–Crippen MR) is 102 cm³/mol. The SMILES string of the molecule is NC(=O)c1cc(-c2csc(NC(=O)c3ccc(-n4ccnc4)cc3)n2)c[nH]1. The fourth-order valence-electron chi connectivity index (χ4n) is 2.51. The maximum atomic E-state index is 12.4. The van der Waals surface area contributed by atoms with Gasteiger partial charge in [-0.1, -0.05) is 0 Å². The fourth-order valence-corrected chi connectivity index (χ4v) is 3.23. The van der Waals surface area contributed by atoms with Crippen LogP contribution in [0, 0.1) is 0 Å². The lowest BCUT2D eigenvalue weighted by molar-refractivity contribution is 0.0994. The van der Waals surface area contributed by atoms with Crippen molar-refractivity contribution < 1.29 is 9.59 Å². The van der Waals surface area contributed by atoms with Crippen LogP contribution in [0.2, 0.25) is 0 Å². The molecule has 0 spiro atoms. The Hall–Kier alpha value is -3.72. The van der Waals surface area contributed by atoms with Gasteiger partial charge in [0.25, 0.3) is 11.8 Å². The van der Waals surface area contributed by atoms with Crippen molar-refractivity contribution in [3.8, 4) is 16.9 Å². The van der Waals surface area contributed by atoms with E-state index in [9.17, 15) is 9.59 Å². The molecule has 27 heavy (non-hydrogen) atoms. The molecule has 0 unspecified atom stereocenters. The van der Waals surface area contributed by atoms with Crippen molar-refractivity contribution in [2.75, 3.05) is 5.32 Å². The summed E-state index contributed by atoms with van der Waals surface area (Å²) < 4.78 is 1.85. The largest absolute Gasteiger partial charge is 0.364 e. The molecule has 0 aliphatic carbocycles. The molecule has 0 radical (unpaired) electrons. The van der Waals surface area contributed by atoms with E-state index in [4.69, 9.17) is 5.73 Å². The minimum absolute atomic E-state index is 0.250. The number of nitrogens with two attached hydrogens (primary N) is 1. The van der Waals surface area contributed by atoms with Gasteiger partial charge in [-0.05, 0) is 30.3 Å². The highest BCUT2D eigenvalue weighted by Crippen LogP contribution is 2.26. The molecular formula is C18H14N6O2S. The zero-order valence-corrected chi connectivity index (χ0v) is 14.7. The number of anilines is 1. The monoisotopic (exact) mass is 378 g/mol. The molecule has 0 saturated carbocycles. The molecule has 4 aromatic rings. The summed E-state index contributed by atoms with van der Waals surface area (Å²) in [5.74, 6) is -0.788. The highest BCUT2D eigenvalue weighted by molar-refractivity contribution is 7.14. The first-order valence-corrected chi connectivity index (χ1v) is 8.82. The third kappa shape index (κ3) is 3.48. The molecule has 0 aliphatic heterocycles. The van der Waals surface area contributed by atoms with Crippen molar-refractivity contribution in [2.24, 2.45) is 5.73 Å². The van der Waals surface area contributed by atoms with Gasteiger partial charge in [-0.15, -0.1) is 11.3 Å². The Bertz CT molecular complexity index is 1100. The summed E-state index contributed by atoms with van der Waals surface area (Å²) in [7, 11) is 0. The molecule has 2 amide bonds. The zero-order chi connectivity index (χ0) is 18.8. The number of hydrogen-bond donors (Lipinski definition) is 3. The molecule has 0 bridgehead atoms. The second-order valence-electron chi connectivity index (χ2n) is 5.68. The van der Waals surface area contributed by atoms with Crippen LogP contribution in [-0.4, -0.2) is 31.3 Å². The minimum Gasteiger partial charge on any atom is -0.364 e. The normalized spacial score (nSPS) is 10.7. The number of benzene rings is 1. The molecule has 0 saturated heterocycles. The average molecular weight is 378 g/mol. The van der Waals surface area contributed by atoms with E-state index in [1.165, 1.54) is 11.3 Å². The van der Waals surface area contributed by atoms with Crippen LogP contribution in [0.5, 0.6) is 0 Å². The molecule has 134 valence electrons. The van der Waals surface area contributed by atoms with Crippen molar-refractivity contribution in [2.45, 2.75) is 0 Å². The van der Waals surface area contributed by atoms with Crippen molar-refractivity contribution in [1.82, 2.24) is 19.5 Å². The molecule has 0 fully saturated rings. The van der Waals surface area contributed by atoms with Gasteiger partial charge in [-0.3, -0.25) is 14.9 Å². The van der Waals surface area contributed by atoms with Gasteiger partial charge in [-0.2, -0.15) is 0 Å². The van der Waals surface area contributed by atoms with Crippen LogP contribution in [0.3, 0.4) is 0 Å². The number of nitrogens with zero attached hydrogens (tertiary/aromatic N) is 3. The van der Waals surface area contributed by atoms with Crippen LogP contribution < -0.4 is 11.1 Å². The standard InChI is InChI=1S/C18H14N6O2S/c19-16(25)14-7-12(8-21-14)15-9-27-18(22-15)23-17(26)11-1-3-13(4-2-11)24-6-5-20-10-24/h1-10,21H,(H2,19,25)(H,22,23,26). The fraction of sp³-hybridized carbons (Fsp3) is 0. The van der Waals surface area contributed by atoms with Crippen LogP contribution >= 0.6 is 11.3 Å². The van der Waals surface area contributed by atoms with Gasteiger partial charge in [0.05, 0.1) is 12.0 Å². The Labute approximate surface area is 157 Å². The minimum atomic E-state index is -0.538. The first-order valence-electron chi connectivity index (χ1n) is 7.94. The molecular weight excluding hydrogens is 364 g/mol. The number of imidazole rings is 1. The molecule has 4 rings (SSSR count). The smallest absolute Gasteiger partial charge is 0.265 e. The van der Waals surface area contributed by atoms with Gasteiger partial charge in [0.1, 0.15) is 5.69 Å². The number of rotatable bonds is 5. The Kier molecular flexibility index (Phi) is 4.27. The van der Waals surface area contributed by atoms with Crippen molar-refractivity contribution in [3.05, 3.63) is 71.9 Å². The van der Waals surface area contributed by atoms with E-state index in [1.807, 2.05) is 22.9 Å². The summed E-state index contributed by atoms with van der Waals surface area (Å²) >= 11 is 1.30. The number of aromatic amines is 1. The predicted octanol–water partition coefficient (Wildman–Crippen LogP) is 2.68. The molecule has 0 aliphatic rings. The van der Waals surface area contributed by atoms with Crippen LogP contribution in [0.15, 0.2) is 60.6 Å². The van der Waals surface area contributed by atoms with Crippen LogP contribution in [0.4, 0.5) is 5.13 Å². The van der Waals surface area contributed by atoms with E-state index in [0.717, 1.165) is 11.3 Å². The van der Waals surface area contributed by atoms with Gasteiger partial charge in [-0.25, -0.2) is 9.97 Å². The van der Waals surface area contributed by atoms with E-state index in [2.05, 4.69) is 20.3 Å². The second-order valence-corrected chi connectivity index (χ2v) is 6.53. The third-order valence-electron chi connectivity index (χ3n) is 3.90. The molecule has 3 heterocycles. The summed E-state index contributed by atoms with van der Waals surface area (Å²) in [6.45, 7) is 0. The number of carbonyl (C=O) groups excluding carboxylic acids is 2. The van der Waals surface area contributed by atoms with Crippen LogP contribution in [-0.2, 0) is 0 Å². The number of carbonyl (C=O) groups is 2. The Morgan fingerprint density at radius 2 is 2.04 bits per heavy atom. The summed E-state index contributed by atoms with van der Waals surface area (Å²) in [6.07, 6.45) is 6.86. The van der Waals surface area contributed by atoms with E-state index in [0.29, 0.717) is 22.1 Å². The van der Waals surface area contributed by atoms with Gasteiger partial charge in [0.15, 0.2) is 5.13 Å². The molecule has 0 atom stereocenters. The van der Waals surface area contributed by atoms with E-state index >= 15 is 0 Å². The van der Waals surface area contributed by atoms with Crippen LogP contribution in [0.1, 0.15) is 20.8 Å². The molecule has 9 heteroatoms. The van der Waals surface area contributed by atoms with Gasteiger partial charge >= 0.3 is 0 Å². The molecule has 8 nitrogen and oxygen atoms in total. The van der Waals surface area contributed by atoms with Crippen LogP contribution in [0.25, 0.3) is 16.9 Å². The number of H-pyrrole nitrogens is 1. The van der Waals surface area contributed by atoms with Crippen molar-refractivity contribution in [1.29, 1.82) is 0 Å². The van der Waals surface area contributed by atoms with E-state index in [-0.39, 0.29) is 5.91 Å². The highest BCUT2D eigenvalue weighted by atomic mass is 32.1. The molecule has 1 aromatic carbocycles. The topological polar surface area (TPSA) is 119 Å². The average Bonchev–Trinajstić information content (AvgIpc) is 3.42. The number of hydrogen-bond acceptors (Lipinski definition) is 5. The second kappa shape index (κ2) is 6.89. The summed E-state index contributed by atoms with van der Waals surface area (Å²) in [4.78, 5) is 34.8. The first-order chi connectivity index (χ1) is 13.1. The van der Waals surface area contributed by atoms with Gasteiger partial charge in [0, 0.05) is 40.8 Å². The number of thiazole rings is 1. The quantitative estimate of drug-likeness (QED) is 0.495. The maximum absolute atomic E-state index is 12.4. The van der Waals surface area contributed by atoms with Gasteiger partial charge < -0.3 is 15.3 Å². The number of amides is 2. The summed E-state index contributed by atoms with van der Waals surface area (Å²) in [6, 6.07) is 8.79. The summed E-state index contributed by atoms with van der Waals surface area (Å²) in [5.41, 5.74) is 8.35. The molecule has 4 N–H and O–H groups in total. The summed E-state index contributed by atoms with van der Waals surface area (Å²) in [5, 5.41) is 5.05. The lowest BCUT2D eigenvalue weighted by Gasteiger charge is -2.04. The highest BCUT2D eigenvalue weighted by Gasteiger charge is 2.12. The zero-order valence-electron chi connectivity index (χ0n) is 13.9. The lowest BCUT2D eigenvalue weighted by atomic mass is 10.2. The maximum Gasteiger partial charge on any atom is 0.265 e. The van der Waals surface area contributed by atoms with E-state index in [1.54, 1.807) is 42.3 Å². The number of aromatic nitrogens is 4. The Balaban J connectivity index is 1.47.